The molecule has 0 aromatic heterocycles. The molecule has 0 aliphatic carbocycles. The van der Waals surface area contributed by atoms with Crippen LogP contribution in [-0.2, 0) is 0 Å². The van der Waals surface area contributed by atoms with E-state index in [1.807, 2.05) is 0 Å². The zero-order valence-electron chi connectivity index (χ0n) is 28.7. The molecule has 238 valence electrons. The van der Waals surface area contributed by atoms with Gasteiger partial charge in [-0.15, -0.1) is 0 Å². The summed E-state index contributed by atoms with van der Waals surface area (Å²) in [4.78, 5) is 0. The van der Waals surface area contributed by atoms with Gasteiger partial charge in [0.05, 0.1) is 8.07 Å². The zero-order valence-corrected chi connectivity index (χ0v) is 29.7. The highest BCUT2D eigenvalue weighted by atomic mass is 28.3. The molecule has 0 bridgehead atoms. The Kier molecular flexibility index (Phi) is 7.26. The fraction of sp³-hybridized carbons (Fsp3) is 0.0612. The van der Waals surface area contributed by atoms with Gasteiger partial charge in [0.1, 0.15) is 0 Å². The molecule has 0 atom stereocenters. The molecule has 50 heavy (non-hydrogen) atoms. The second-order valence-corrected chi connectivity index (χ2v) is 19.6. The molecular weight excluding hydrogens is 617 g/mol. The van der Waals surface area contributed by atoms with Crippen molar-refractivity contribution in [3.8, 4) is 44.5 Å². The predicted molar refractivity (Wildman–Crippen MR) is 221 cm³/mol. The van der Waals surface area contributed by atoms with Crippen LogP contribution in [0.3, 0.4) is 0 Å². The highest BCUT2D eigenvalue weighted by Crippen LogP contribution is 2.44. The molecule has 0 unspecified atom stereocenters. The molecular formula is C49H38Si. The first kappa shape index (κ1) is 30.3. The summed E-state index contributed by atoms with van der Waals surface area (Å²) in [5.74, 6) is 0. The minimum absolute atomic E-state index is 1.23. The SMILES string of the molecule is C[Si](C)(C)c1cccc(-c2c3ccccc3c(-c3ccc4cccc(-c5ccc(-c6cccc7ccccc67)cc5)c4c3)c3ccccc23)c1. The first-order chi connectivity index (χ1) is 24.4. The molecule has 0 aliphatic heterocycles. The summed E-state index contributed by atoms with van der Waals surface area (Å²) in [6.07, 6.45) is 0. The summed E-state index contributed by atoms with van der Waals surface area (Å²) in [7, 11) is -1.49. The Hall–Kier alpha value is -5.76. The average molecular weight is 655 g/mol. The Morgan fingerprint density at radius 1 is 0.300 bits per heavy atom. The van der Waals surface area contributed by atoms with Crippen molar-refractivity contribution in [2.45, 2.75) is 19.6 Å². The molecule has 0 radical (unpaired) electrons. The fourth-order valence-corrected chi connectivity index (χ4v) is 9.06. The zero-order chi connectivity index (χ0) is 33.8. The van der Waals surface area contributed by atoms with Crippen LogP contribution in [0.25, 0.3) is 87.6 Å². The number of rotatable bonds is 5. The van der Waals surface area contributed by atoms with Gasteiger partial charge in [-0.2, -0.15) is 0 Å². The molecule has 9 rings (SSSR count). The van der Waals surface area contributed by atoms with Gasteiger partial charge in [0.15, 0.2) is 0 Å². The van der Waals surface area contributed by atoms with Gasteiger partial charge in [0.25, 0.3) is 0 Å². The van der Waals surface area contributed by atoms with E-state index >= 15 is 0 Å². The molecule has 0 saturated carbocycles. The Morgan fingerprint density at radius 3 is 1.28 bits per heavy atom. The van der Waals surface area contributed by atoms with E-state index < -0.39 is 8.07 Å². The average Bonchev–Trinajstić information content (AvgIpc) is 3.16. The van der Waals surface area contributed by atoms with E-state index in [4.69, 9.17) is 0 Å². The molecule has 0 fully saturated rings. The number of fused-ring (bicyclic) bond motifs is 4. The quantitative estimate of drug-likeness (QED) is 0.128. The van der Waals surface area contributed by atoms with Crippen molar-refractivity contribution in [3.05, 3.63) is 176 Å². The second-order valence-electron chi connectivity index (χ2n) is 14.5. The van der Waals surface area contributed by atoms with Crippen molar-refractivity contribution in [3.63, 3.8) is 0 Å². The van der Waals surface area contributed by atoms with Gasteiger partial charge < -0.3 is 0 Å². The van der Waals surface area contributed by atoms with Gasteiger partial charge >= 0.3 is 0 Å². The lowest BCUT2D eigenvalue weighted by atomic mass is 9.85. The molecule has 0 nitrogen and oxygen atoms in total. The van der Waals surface area contributed by atoms with E-state index in [1.54, 1.807) is 0 Å². The third-order valence-corrected chi connectivity index (χ3v) is 12.5. The van der Waals surface area contributed by atoms with Crippen LogP contribution in [0.15, 0.2) is 176 Å². The minimum Gasteiger partial charge on any atom is -0.0656 e. The van der Waals surface area contributed by atoms with Crippen LogP contribution in [0, 0.1) is 0 Å². The topological polar surface area (TPSA) is 0 Å². The minimum atomic E-state index is -1.49. The van der Waals surface area contributed by atoms with Crippen molar-refractivity contribution in [2.75, 3.05) is 0 Å². The maximum Gasteiger partial charge on any atom is 0.0776 e. The molecule has 9 aromatic carbocycles. The van der Waals surface area contributed by atoms with E-state index in [1.165, 1.54) is 92.8 Å². The molecule has 0 saturated heterocycles. The van der Waals surface area contributed by atoms with Crippen molar-refractivity contribution < 1.29 is 0 Å². The van der Waals surface area contributed by atoms with E-state index in [0.29, 0.717) is 0 Å². The van der Waals surface area contributed by atoms with E-state index in [-0.39, 0.29) is 0 Å². The molecule has 0 N–H and O–H groups in total. The van der Waals surface area contributed by atoms with Crippen LogP contribution in [0.4, 0.5) is 0 Å². The van der Waals surface area contributed by atoms with E-state index in [9.17, 15) is 0 Å². The lowest BCUT2D eigenvalue weighted by molar-refractivity contribution is 1.62. The lowest BCUT2D eigenvalue weighted by Crippen LogP contribution is -2.37. The number of benzene rings is 9. The molecule has 0 heterocycles. The summed E-state index contributed by atoms with van der Waals surface area (Å²) >= 11 is 0. The Balaban J connectivity index is 1.22. The Bertz CT molecular complexity index is 2660. The van der Waals surface area contributed by atoms with Gasteiger partial charge in [-0.25, -0.2) is 0 Å². The molecule has 0 amide bonds. The molecule has 1 heteroatoms. The summed E-state index contributed by atoms with van der Waals surface area (Å²) in [6, 6.07) is 65.4. The van der Waals surface area contributed by atoms with E-state index in [2.05, 4.69) is 196 Å². The maximum absolute atomic E-state index is 2.45. The summed E-state index contributed by atoms with van der Waals surface area (Å²) in [5, 5.41) is 11.7. The van der Waals surface area contributed by atoms with Crippen LogP contribution < -0.4 is 5.19 Å². The predicted octanol–water partition coefficient (Wildman–Crippen LogP) is 13.5. The van der Waals surface area contributed by atoms with Crippen molar-refractivity contribution in [1.82, 2.24) is 0 Å². The monoisotopic (exact) mass is 654 g/mol. The summed E-state index contributed by atoms with van der Waals surface area (Å²) < 4.78 is 0. The number of hydrogen-bond donors (Lipinski definition) is 0. The Morgan fingerprint density at radius 2 is 0.720 bits per heavy atom. The van der Waals surface area contributed by atoms with Crippen LogP contribution in [0.2, 0.25) is 19.6 Å². The highest BCUT2D eigenvalue weighted by molar-refractivity contribution is 6.88. The number of hydrogen-bond acceptors (Lipinski definition) is 0. The third kappa shape index (κ3) is 5.14. The lowest BCUT2D eigenvalue weighted by Gasteiger charge is -2.21. The fourth-order valence-electron chi connectivity index (χ4n) is 7.88. The van der Waals surface area contributed by atoms with Gasteiger partial charge in [-0.1, -0.05) is 195 Å². The summed E-state index contributed by atoms with van der Waals surface area (Å²) in [6.45, 7) is 7.29. The largest absolute Gasteiger partial charge is 0.0776 e. The molecule has 0 spiro atoms. The second kappa shape index (κ2) is 12.0. The van der Waals surface area contributed by atoms with E-state index in [0.717, 1.165) is 0 Å². The van der Waals surface area contributed by atoms with Gasteiger partial charge in [0, 0.05) is 0 Å². The van der Waals surface area contributed by atoms with Crippen molar-refractivity contribution in [2.24, 2.45) is 0 Å². The van der Waals surface area contributed by atoms with Crippen molar-refractivity contribution in [1.29, 1.82) is 0 Å². The van der Waals surface area contributed by atoms with Crippen LogP contribution in [0.1, 0.15) is 0 Å². The van der Waals surface area contributed by atoms with Crippen LogP contribution in [-0.4, -0.2) is 8.07 Å². The highest BCUT2D eigenvalue weighted by Gasteiger charge is 2.20. The van der Waals surface area contributed by atoms with Gasteiger partial charge in [0.2, 0.25) is 0 Å². The normalized spacial score (nSPS) is 11.9. The van der Waals surface area contributed by atoms with Gasteiger partial charge in [-0.05, 0) is 93.7 Å². The van der Waals surface area contributed by atoms with Crippen molar-refractivity contribution >= 4 is 56.4 Å². The first-order valence-electron chi connectivity index (χ1n) is 17.6. The smallest absolute Gasteiger partial charge is 0.0656 e. The molecule has 0 aliphatic rings. The summed E-state index contributed by atoms with van der Waals surface area (Å²) in [5.41, 5.74) is 10.1. The first-order valence-corrected chi connectivity index (χ1v) is 21.1. The van der Waals surface area contributed by atoms with Crippen LogP contribution >= 0.6 is 0 Å². The van der Waals surface area contributed by atoms with Crippen LogP contribution in [0.5, 0.6) is 0 Å². The standard InChI is InChI=1S/C49H38Si/c1-50(2,3)39-17-10-16-37(31-39)48-43-19-6-8-21-45(43)49(46-22-9-7-20-44(46)48)38-30-29-34-15-12-24-42(47(34)32-38)36-27-25-35(26-28-36)41-23-11-14-33-13-4-5-18-40(33)41/h4-32H,1-3H3. The third-order valence-electron chi connectivity index (χ3n) is 10.4. The van der Waals surface area contributed by atoms with Gasteiger partial charge in [-0.3, -0.25) is 0 Å². The molecule has 9 aromatic rings. The maximum atomic E-state index is 2.45. The Labute approximate surface area is 295 Å².